The van der Waals surface area contributed by atoms with Crippen molar-refractivity contribution in [3.8, 4) is 0 Å². The van der Waals surface area contributed by atoms with Gasteiger partial charge in [-0.2, -0.15) is 0 Å². The van der Waals surface area contributed by atoms with Gasteiger partial charge in [0, 0.05) is 0 Å². The zero-order chi connectivity index (χ0) is 14.3. The molecule has 0 fully saturated rings. The second kappa shape index (κ2) is 13.2. The molecule has 0 aliphatic heterocycles. The first-order valence-electron chi connectivity index (χ1n) is 8.81. The van der Waals surface area contributed by atoms with E-state index in [0.717, 1.165) is 0 Å². The molecule has 20 heavy (non-hydrogen) atoms. The van der Waals surface area contributed by atoms with Gasteiger partial charge in [0.1, 0.15) is 0 Å². The van der Waals surface area contributed by atoms with Crippen LogP contribution >= 0.6 is 0 Å². The molecule has 0 N–H and O–H groups in total. The molecule has 0 amide bonds. The first kappa shape index (κ1) is 17.3. The van der Waals surface area contributed by atoms with E-state index < -0.39 is 0 Å². The normalized spacial score (nSPS) is 10.8. The largest absolute Gasteiger partial charge is 0.0654 e. The highest BCUT2D eigenvalue weighted by molar-refractivity contribution is 5.21. The Morgan fingerprint density at radius 2 is 1.15 bits per heavy atom. The quantitative estimate of drug-likeness (QED) is 0.341. The Hall–Kier alpha value is -0.780. The van der Waals surface area contributed by atoms with E-state index in [9.17, 15) is 0 Å². The fourth-order valence-electron chi connectivity index (χ4n) is 2.67. The summed E-state index contributed by atoms with van der Waals surface area (Å²) in [6, 6.07) is 10.7. The van der Waals surface area contributed by atoms with Crippen molar-refractivity contribution in [2.24, 2.45) is 0 Å². The Balaban J connectivity index is 1.77. The van der Waals surface area contributed by atoms with Crippen LogP contribution in [-0.4, -0.2) is 0 Å². The maximum absolute atomic E-state index is 2.37. The van der Waals surface area contributed by atoms with Gasteiger partial charge in [-0.3, -0.25) is 0 Å². The molecular weight excluding hydrogens is 240 g/mol. The van der Waals surface area contributed by atoms with Crippen LogP contribution in [-0.2, 0) is 0 Å². The summed E-state index contributed by atoms with van der Waals surface area (Å²) >= 11 is 0. The predicted octanol–water partition coefficient (Wildman–Crippen LogP) is 6.94. The third-order valence-corrected chi connectivity index (χ3v) is 3.99. The van der Waals surface area contributed by atoms with Crippen molar-refractivity contribution in [1.29, 1.82) is 0 Å². The summed E-state index contributed by atoms with van der Waals surface area (Å²) in [6.07, 6.45) is 19.3. The topological polar surface area (TPSA) is 0 Å². The molecule has 113 valence electrons. The summed E-state index contributed by atoms with van der Waals surface area (Å²) in [4.78, 5) is 0. The number of benzene rings is 1. The van der Waals surface area contributed by atoms with Gasteiger partial charge >= 0.3 is 0 Å². The fourth-order valence-corrected chi connectivity index (χ4v) is 2.67. The highest BCUT2D eigenvalue weighted by Crippen LogP contribution is 2.13. The van der Waals surface area contributed by atoms with Crippen LogP contribution in [0, 0.1) is 6.42 Å². The lowest BCUT2D eigenvalue weighted by Crippen LogP contribution is -1.84. The minimum absolute atomic E-state index is 1.24. The van der Waals surface area contributed by atoms with E-state index in [1.54, 1.807) is 0 Å². The van der Waals surface area contributed by atoms with E-state index in [2.05, 4.69) is 43.7 Å². The molecule has 0 heteroatoms. The van der Waals surface area contributed by atoms with Crippen LogP contribution < -0.4 is 0 Å². The SMILES string of the molecule is CCCCCCCCCCCCC[CH]c1ccccc1. The Bertz CT molecular complexity index is 288. The van der Waals surface area contributed by atoms with Crippen LogP contribution in [0.25, 0.3) is 0 Å². The van der Waals surface area contributed by atoms with Crippen molar-refractivity contribution in [3.05, 3.63) is 42.3 Å². The molecule has 0 heterocycles. The van der Waals surface area contributed by atoms with Crippen molar-refractivity contribution >= 4 is 0 Å². The summed E-state index contributed by atoms with van der Waals surface area (Å²) in [5.41, 5.74) is 1.37. The van der Waals surface area contributed by atoms with Crippen molar-refractivity contribution < 1.29 is 0 Å². The fraction of sp³-hybridized carbons (Fsp3) is 0.650. The van der Waals surface area contributed by atoms with Crippen LogP contribution in [0.3, 0.4) is 0 Å². The van der Waals surface area contributed by atoms with Gasteiger partial charge in [-0.05, 0) is 18.4 Å². The summed E-state index contributed by atoms with van der Waals surface area (Å²) in [7, 11) is 0. The van der Waals surface area contributed by atoms with E-state index in [4.69, 9.17) is 0 Å². The van der Waals surface area contributed by atoms with Crippen molar-refractivity contribution in [2.75, 3.05) is 0 Å². The average Bonchev–Trinajstić information content (AvgIpc) is 2.49. The van der Waals surface area contributed by atoms with Gasteiger partial charge in [0.15, 0.2) is 0 Å². The molecule has 0 saturated heterocycles. The molecule has 0 aliphatic rings. The van der Waals surface area contributed by atoms with E-state index in [0.29, 0.717) is 0 Å². The van der Waals surface area contributed by atoms with Crippen LogP contribution in [0.1, 0.15) is 89.5 Å². The second-order valence-electron chi connectivity index (χ2n) is 5.94. The zero-order valence-electron chi connectivity index (χ0n) is 13.4. The Kier molecular flexibility index (Phi) is 11.4. The van der Waals surface area contributed by atoms with Crippen LogP contribution in [0.5, 0.6) is 0 Å². The van der Waals surface area contributed by atoms with Gasteiger partial charge in [0.25, 0.3) is 0 Å². The maximum atomic E-state index is 2.37. The highest BCUT2D eigenvalue weighted by Gasteiger charge is 1.95. The molecular formula is C20H33. The second-order valence-corrected chi connectivity index (χ2v) is 5.94. The van der Waals surface area contributed by atoms with Crippen LogP contribution in [0.15, 0.2) is 30.3 Å². The first-order valence-corrected chi connectivity index (χ1v) is 8.81. The summed E-state index contributed by atoms with van der Waals surface area (Å²) in [5, 5.41) is 0. The Morgan fingerprint density at radius 1 is 0.650 bits per heavy atom. The number of unbranched alkanes of at least 4 members (excludes halogenated alkanes) is 11. The van der Waals surface area contributed by atoms with E-state index in [1.165, 1.54) is 82.6 Å². The number of hydrogen-bond acceptors (Lipinski definition) is 0. The molecule has 0 aromatic heterocycles. The van der Waals surface area contributed by atoms with Crippen molar-refractivity contribution in [2.45, 2.75) is 84.0 Å². The molecule has 1 rings (SSSR count). The number of rotatable bonds is 13. The maximum Gasteiger partial charge on any atom is -0.00931 e. The summed E-state index contributed by atoms with van der Waals surface area (Å²) < 4.78 is 0. The van der Waals surface area contributed by atoms with Gasteiger partial charge in [0.05, 0.1) is 0 Å². The first-order chi connectivity index (χ1) is 9.93. The van der Waals surface area contributed by atoms with Gasteiger partial charge in [-0.25, -0.2) is 0 Å². The summed E-state index contributed by atoms with van der Waals surface area (Å²) in [5.74, 6) is 0. The average molecular weight is 273 g/mol. The lowest BCUT2D eigenvalue weighted by molar-refractivity contribution is 0.549. The van der Waals surface area contributed by atoms with Gasteiger partial charge < -0.3 is 0 Å². The third-order valence-electron chi connectivity index (χ3n) is 3.99. The van der Waals surface area contributed by atoms with Crippen molar-refractivity contribution in [1.82, 2.24) is 0 Å². The molecule has 0 saturated carbocycles. The Labute approximate surface area is 127 Å². The summed E-state index contributed by atoms with van der Waals surface area (Å²) in [6.45, 7) is 2.29. The molecule has 0 unspecified atom stereocenters. The predicted molar refractivity (Wildman–Crippen MR) is 90.9 cm³/mol. The molecule has 0 atom stereocenters. The monoisotopic (exact) mass is 273 g/mol. The Morgan fingerprint density at radius 3 is 1.70 bits per heavy atom. The standard InChI is InChI=1S/C20H33/c1-2-3-4-5-6-7-8-9-10-11-12-14-17-20-18-15-13-16-19-20/h13,15-19H,2-12,14H2,1H3. The minimum atomic E-state index is 1.24. The lowest BCUT2D eigenvalue weighted by Gasteiger charge is -2.03. The van der Waals surface area contributed by atoms with Crippen molar-refractivity contribution in [3.63, 3.8) is 0 Å². The molecule has 0 aliphatic carbocycles. The van der Waals surface area contributed by atoms with Crippen LogP contribution in [0.4, 0.5) is 0 Å². The minimum Gasteiger partial charge on any atom is -0.0654 e. The van der Waals surface area contributed by atoms with Gasteiger partial charge in [-0.1, -0.05) is 108 Å². The molecule has 0 bridgehead atoms. The third kappa shape index (κ3) is 10.1. The van der Waals surface area contributed by atoms with Crippen LogP contribution in [0.2, 0.25) is 0 Å². The molecule has 0 nitrogen and oxygen atoms in total. The molecule has 1 radical (unpaired) electrons. The van der Waals surface area contributed by atoms with Gasteiger partial charge in [0.2, 0.25) is 0 Å². The molecule has 0 spiro atoms. The number of hydrogen-bond donors (Lipinski definition) is 0. The zero-order valence-corrected chi connectivity index (χ0v) is 13.4. The molecule has 1 aromatic carbocycles. The van der Waals surface area contributed by atoms with E-state index >= 15 is 0 Å². The van der Waals surface area contributed by atoms with Gasteiger partial charge in [-0.15, -0.1) is 0 Å². The van der Waals surface area contributed by atoms with E-state index in [1.807, 2.05) is 0 Å². The lowest BCUT2D eigenvalue weighted by atomic mass is 10.0. The molecule has 1 aromatic rings. The van der Waals surface area contributed by atoms with E-state index in [-0.39, 0.29) is 0 Å². The highest BCUT2D eigenvalue weighted by atomic mass is 14.0. The smallest absolute Gasteiger partial charge is 0.00931 e.